The number of nitrogens with one attached hydrogen (secondary N) is 1. The molecular weight excluding hydrogens is 344 g/mol. The lowest BCUT2D eigenvalue weighted by atomic mass is 9.95. The summed E-state index contributed by atoms with van der Waals surface area (Å²) in [6.07, 6.45) is 2.27. The SMILES string of the molecule is CC(=O)N1CCC(C(=O)N2CCCN(C(=O)c3cc(C)[nH]c3C)CC2)CC1. The molecule has 0 bridgehead atoms. The molecule has 1 aromatic heterocycles. The topological polar surface area (TPSA) is 76.7 Å². The molecule has 0 saturated carbocycles. The fourth-order valence-electron chi connectivity index (χ4n) is 4.16. The third-order valence-electron chi connectivity index (χ3n) is 5.76. The van der Waals surface area contributed by atoms with Crippen LogP contribution in [0.25, 0.3) is 0 Å². The van der Waals surface area contributed by atoms with Crippen LogP contribution in [-0.4, -0.2) is 76.7 Å². The summed E-state index contributed by atoms with van der Waals surface area (Å²) in [6.45, 7) is 9.30. The molecule has 1 N–H and O–H groups in total. The number of aromatic amines is 1. The number of hydrogen-bond acceptors (Lipinski definition) is 3. The van der Waals surface area contributed by atoms with Crippen LogP contribution < -0.4 is 0 Å². The first-order chi connectivity index (χ1) is 12.9. The largest absolute Gasteiger partial charge is 0.362 e. The van der Waals surface area contributed by atoms with E-state index in [4.69, 9.17) is 0 Å². The van der Waals surface area contributed by atoms with Gasteiger partial charge in [-0.05, 0) is 39.2 Å². The van der Waals surface area contributed by atoms with Crippen LogP contribution in [-0.2, 0) is 9.59 Å². The summed E-state index contributed by atoms with van der Waals surface area (Å²) in [6, 6.07) is 1.90. The molecule has 3 heterocycles. The van der Waals surface area contributed by atoms with Gasteiger partial charge in [0.25, 0.3) is 5.91 Å². The van der Waals surface area contributed by atoms with E-state index in [-0.39, 0.29) is 23.6 Å². The lowest BCUT2D eigenvalue weighted by Gasteiger charge is -2.33. The Bertz CT molecular complexity index is 719. The number of carbonyl (C=O) groups excluding carboxylic acids is 3. The highest BCUT2D eigenvalue weighted by Gasteiger charge is 2.31. The van der Waals surface area contributed by atoms with Gasteiger partial charge in [-0.15, -0.1) is 0 Å². The van der Waals surface area contributed by atoms with Crippen LogP contribution in [0.4, 0.5) is 0 Å². The molecule has 2 saturated heterocycles. The number of rotatable bonds is 2. The molecule has 0 atom stereocenters. The average Bonchev–Trinajstić information content (AvgIpc) is 2.85. The van der Waals surface area contributed by atoms with E-state index in [0.29, 0.717) is 39.3 Å². The molecule has 7 heteroatoms. The molecule has 148 valence electrons. The zero-order chi connectivity index (χ0) is 19.6. The van der Waals surface area contributed by atoms with E-state index in [1.165, 1.54) is 0 Å². The summed E-state index contributed by atoms with van der Waals surface area (Å²) >= 11 is 0. The molecular formula is C20H30N4O3. The maximum Gasteiger partial charge on any atom is 0.255 e. The van der Waals surface area contributed by atoms with Crippen molar-refractivity contribution in [2.24, 2.45) is 5.92 Å². The number of hydrogen-bond donors (Lipinski definition) is 1. The van der Waals surface area contributed by atoms with E-state index < -0.39 is 0 Å². The molecule has 3 amide bonds. The predicted molar refractivity (Wildman–Crippen MR) is 102 cm³/mol. The van der Waals surface area contributed by atoms with Crippen LogP contribution in [0.5, 0.6) is 0 Å². The average molecular weight is 374 g/mol. The first-order valence-corrected chi connectivity index (χ1v) is 9.86. The van der Waals surface area contributed by atoms with Crippen molar-refractivity contribution in [1.82, 2.24) is 19.7 Å². The Morgan fingerprint density at radius 2 is 1.56 bits per heavy atom. The Hall–Kier alpha value is -2.31. The molecule has 2 aliphatic rings. The van der Waals surface area contributed by atoms with Crippen molar-refractivity contribution in [1.29, 1.82) is 0 Å². The zero-order valence-electron chi connectivity index (χ0n) is 16.6. The van der Waals surface area contributed by atoms with Gasteiger partial charge in [-0.2, -0.15) is 0 Å². The number of piperidine rings is 1. The molecule has 0 aromatic carbocycles. The molecule has 27 heavy (non-hydrogen) atoms. The van der Waals surface area contributed by atoms with Gasteiger partial charge >= 0.3 is 0 Å². The Morgan fingerprint density at radius 3 is 2.15 bits per heavy atom. The molecule has 0 spiro atoms. The minimum absolute atomic E-state index is 0.00239. The van der Waals surface area contributed by atoms with Crippen LogP contribution in [0.15, 0.2) is 6.07 Å². The second kappa shape index (κ2) is 8.15. The number of aromatic nitrogens is 1. The lowest BCUT2D eigenvalue weighted by molar-refractivity contribution is -0.140. The van der Waals surface area contributed by atoms with Crippen molar-refractivity contribution in [2.75, 3.05) is 39.3 Å². The van der Waals surface area contributed by atoms with Gasteiger partial charge < -0.3 is 19.7 Å². The number of carbonyl (C=O) groups is 3. The standard InChI is InChI=1S/C20H30N4O3/c1-14-13-18(15(2)21-14)20(27)24-8-4-7-23(11-12-24)19(26)17-5-9-22(10-6-17)16(3)25/h13,17,21H,4-12H2,1-3H3. The zero-order valence-corrected chi connectivity index (χ0v) is 16.6. The second-order valence-electron chi connectivity index (χ2n) is 7.74. The van der Waals surface area contributed by atoms with Gasteiger partial charge in [0.05, 0.1) is 5.56 Å². The maximum absolute atomic E-state index is 12.9. The van der Waals surface area contributed by atoms with E-state index in [1.54, 1.807) is 6.92 Å². The van der Waals surface area contributed by atoms with Crippen molar-refractivity contribution < 1.29 is 14.4 Å². The molecule has 0 aliphatic carbocycles. The highest BCUT2D eigenvalue weighted by atomic mass is 16.2. The number of likely N-dealkylation sites (tertiary alicyclic amines) is 1. The maximum atomic E-state index is 12.9. The molecule has 0 radical (unpaired) electrons. The van der Waals surface area contributed by atoms with E-state index in [0.717, 1.165) is 36.2 Å². The number of H-pyrrole nitrogens is 1. The third-order valence-corrected chi connectivity index (χ3v) is 5.76. The first kappa shape index (κ1) is 19.5. The fourth-order valence-corrected chi connectivity index (χ4v) is 4.16. The molecule has 7 nitrogen and oxygen atoms in total. The summed E-state index contributed by atoms with van der Waals surface area (Å²) in [5.41, 5.74) is 2.61. The summed E-state index contributed by atoms with van der Waals surface area (Å²) in [5, 5.41) is 0. The van der Waals surface area contributed by atoms with Gasteiger partial charge in [0, 0.05) is 63.5 Å². The summed E-state index contributed by atoms with van der Waals surface area (Å²) in [7, 11) is 0. The molecule has 2 fully saturated rings. The fraction of sp³-hybridized carbons (Fsp3) is 0.650. The van der Waals surface area contributed by atoms with Gasteiger partial charge in [-0.3, -0.25) is 14.4 Å². The molecule has 1 aromatic rings. The molecule has 3 rings (SSSR count). The first-order valence-electron chi connectivity index (χ1n) is 9.86. The van der Waals surface area contributed by atoms with Crippen molar-refractivity contribution in [3.05, 3.63) is 23.0 Å². The van der Waals surface area contributed by atoms with Crippen LogP contribution >= 0.6 is 0 Å². The second-order valence-corrected chi connectivity index (χ2v) is 7.74. The highest BCUT2D eigenvalue weighted by Crippen LogP contribution is 2.21. The number of aryl methyl sites for hydroxylation is 2. The van der Waals surface area contributed by atoms with Crippen molar-refractivity contribution in [3.63, 3.8) is 0 Å². The van der Waals surface area contributed by atoms with Crippen LogP contribution in [0.1, 0.15) is 47.9 Å². The quantitative estimate of drug-likeness (QED) is 0.854. The molecule has 0 unspecified atom stereocenters. The van der Waals surface area contributed by atoms with Gasteiger partial charge in [0.1, 0.15) is 0 Å². The predicted octanol–water partition coefficient (Wildman–Crippen LogP) is 1.56. The number of nitrogens with zero attached hydrogens (tertiary/aromatic N) is 3. The summed E-state index contributed by atoms with van der Waals surface area (Å²) < 4.78 is 0. The van der Waals surface area contributed by atoms with Crippen molar-refractivity contribution in [2.45, 2.75) is 40.0 Å². The Balaban J connectivity index is 1.57. The van der Waals surface area contributed by atoms with Gasteiger partial charge in [-0.25, -0.2) is 0 Å². The van der Waals surface area contributed by atoms with Gasteiger partial charge in [0.15, 0.2) is 0 Å². The Morgan fingerprint density at radius 1 is 0.926 bits per heavy atom. The van der Waals surface area contributed by atoms with Gasteiger partial charge in [-0.1, -0.05) is 0 Å². The van der Waals surface area contributed by atoms with Gasteiger partial charge in [0.2, 0.25) is 11.8 Å². The third kappa shape index (κ3) is 4.34. The minimum Gasteiger partial charge on any atom is -0.362 e. The summed E-state index contributed by atoms with van der Waals surface area (Å²) in [4.78, 5) is 46.0. The van der Waals surface area contributed by atoms with E-state index in [1.807, 2.05) is 34.6 Å². The minimum atomic E-state index is -0.00239. The monoisotopic (exact) mass is 374 g/mol. The lowest BCUT2D eigenvalue weighted by Crippen LogP contribution is -2.45. The Labute approximate surface area is 160 Å². The highest BCUT2D eigenvalue weighted by molar-refractivity contribution is 5.95. The van der Waals surface area contributed by atoms with Crippen molar-refractivity contribution in [3.8, 4) is 0 Å². The van der Waals surface area contributed by atoms with Crippen molar-refractivity contribution >= 4 is 17.7 Å². The van der Waals surface area contributed by atoms with Crippen LogP contribution in [0, 0.1) is 19.8 Å². The normalized spacial score (nSPS) is 19.1. The summed E-state index contributed by atoms with van der Waals surface area (Å²) in [5.74, 6) is 0.305. The van der Waals surface area contributed by atoms with E-state index in [9.17, 15) is 14.4 Å². The molecule has 2 aliphatic heterocycles. The van der Waals surface area contributed by atoms with E-state index >= 15 is 0 Å². The Kier molecular flexibility index (Phi) is 5.87. The van der Waals surface area contributed by atoms with E-state index in [2.05, 4.69) is 4.98 Å². The number of amides is 3. The van der Waals surface area contributed by atoms with Crippen LogP contribution in [0.2, 0.25) is 0 Å². The van der Waals surface area contributed by atoms with Crippen LogP contribution in [0.3, 0.4) is 0 Å². The smallest absolute Gasteiger partial charge is 0.255 e.